The van der Waals surface area contributed by atoms with Crippen molar-refractivity contribution in [2.45, 2.75) is 63.1 Å². The number of nitrogens with one attached hydrogen (secondary N) is 3. The van der Waals surface area contributed by atoms with Crippen LogP contribution >= 0.6 is 0 Å². The molecule has 7 N–H and O–H groups in total. The molecule has 0 spiro atoms. The van der Waals surface area contributed by atoms with E-state index >= 15 is 0 Å². The fourth-order valence-electron chi connectivity index (χ4n) is 4.02. The van der Waals surface area contributed by atoms with Crippen LogP contribution in [-0.4, -0.2) is 64.2 Å². The summed E-state index contributed by atoms with van der Waals surface area (Å²) < 4.78 is 11.4. The predicted octanol–water partition coefficient (Wildman–Crippen LogP) is 2.42. The quantitative estimate of drug-likeness (QED) is 0.0945. The van der Waals surface area contributed by atoms with Gasteiger partial charge in [0.25, 0.3) is 0 Å². The van der Waals surface area contributed by atoms with Crippen LogP contribution in [0.15, 0.2) is 47.7 Å². The number of carbonyl (C=O) groups is 1. The van der Waals surface area contributed by atoms with Crippen molar-refractivity contribution in [2.24, 2.45) is 5.11 Å². The van der Waals surface area contributed by atoms with Crippen LogP contribution in [0.1, 0.15) is 44.1 Å². The Labute approximate surface area is 209 Å². The molecular formula is C25H34N4O7. The molecule has 4 atom stereocenters. The number of rotatable bonds is 13. The Morgan fingerprint density at radius 2 is 1.89 bits per heavy atom. The Kier molecular flexibility index (Phi) is 10.6. The SMILES string of the molecule is N=N/C(=C\NCCCCCCC(=O)NO)c1ccc2cc(O[C@@H]3C[C@@H](O)[C@H](O)[C@@H](CO)O3)ccc2c1. The largest absolute Gasteiger partial charge is 0.465 e. The molecule has 0 radical (unpaired) electrons. The van der Waals surface area contributed by atoms with Gasteiger partial charge in [-0.25, -0.2) is 11.0 Å². The van der Waals surface area contributed by atoms with Crippen LogP contribution in [0.3, 0.4) is 0 Å². The first-order chi connectivity index (χ1) is 17.4. The molecule has 11 nitrogen and oxygen atoms in total. The number of hydrogen-bond donors (Lipinski definition) is 7. The number of benzene rings is 2. The molecule has 1 amide bonds. The van der Waals surface area contributed by atoms with E-state index in [0.717, 1.165) is 42.0 Å². The van der Waals surface area contributed by atoms with Crippen LogP contribution in [0.2, 0.25) is 0 Å². The lowest BCUT2D eigenvalue weighted by Gasteiger charge is -2.36. The molecule has 0 unspecified atom stereocenters. The number of hydroxylamine groups is 1. The van der Waals surface area contributed by atoms with Crippen LogP contribution in [0.5, 0.6) is 5.75 Å². The van der Waals surface area contributed by atoms with E-state index in [1.807, 2.05) is 30.3 Å². The van der Waals surface area contributed by atoms with Crippen LogP contribution in [0, 0.1) is 5.53 Å². The van der Waals surface area contributed by atoms with Gasteiger partial charge in [-0.05, 0) is 41.8 Å². The molecule has 0 saturated carbocycles. The first kappa shape index (κ1) is 27.5. The average Bonchev–Trinajstić information content (AvgIpc) is 2.89. The molecule has 1 fully saturated rings. The maximum absolute atomic E-state index is 11.0. The number of unbranched alkanes of at least 4 members (excludes halogenated alkanes) is 3. The molecule has 0 aromatic heterocycles. The lowest BCUT2D eigenvalue weighted by Crippen LogP contribution is -2.51. The first-order valence-electron chi connectivity index (χ1n) is 12.0. The summed E-state index contributed by atoms with van der Waals surface area (Å²) in [5, 5.41) is 46.3. The highest BCUT2D eigenvalue weighted by Gasteiger charge is 2.37. The molecule has 1 aliphatic rings. The second-order valence-corrected chi connectivity index (χ2v) is 8.72. The van der Waals surface area contributed by atoms with Crippen molar-refractivity contribution >= 4 is 22.4 Å². The smallest absolute Gasteiger partial charge is 0.243 e. The van der Waals surface area contributed by atoms with Gasteiger partial charge in [0.15, 0.2) is 0 Å². The Hall–Kier alpha value is -3.09. The molecular weight excluding hydrogens is 468 g/mol. The molecule has 196 valence electrons. The second-order valence-electron chi connectivity index (χ2n) is 8.72. The fourth-order valence-corrected chi connectivity index (χ4v) is 4.02. The van der Waals surface area contributed by atoms with Crippen molar-refractivity contribution in [1.82, 2.24) is 10.8 Å². The first-order valence-corrected chi connectivity index (χ1v) is 12.0. The van der Waals surface area contributed by atoms with Gasteiger partial charge in [-0.3, -0.25) is 10.0 Å². The molecule has 2 aromatic carbocycles. The maximum atomic E-state index is 11.0. The summed E-state index contributed by atoms with van der Waals surface area (Å²) in [5.74, 6) is 0.159. The summed E-state index contributed by atoms with van der Waals surface area (Å²) in [6.07, 6.45) is 1.67. The fraction of sp³-hybridized carbons (Fsp3) is 0.480. The topological polar surface area (TPSA) is 177 Å². The minimum Gasteiger partial charge on any atom is -0.465 e. The molecule has 1 heterocycles. The zero-order valence-electron chi connectivity index (χ0n) is 20.0. The minimum absolute atomic E-state index is 0.0850. The minimum atomic E-state index is -1.16. The number of hydrogen-bond acceptors (Lipinski definition) is 10. The van der Waals surface area contributed by atoms with Crippen molar-refractivity contribution < 1.29 is 34.8 Å². The van der Waals surface area contributed by atoms with E-state index in [9.17, 15) is 20.1 Å². The summed E-state index contributed by atoms with van der Waals surface area (Å²) in [6, 6.07) is 11.2. The third-order valence-corrected chi connectivity index (χ3v) is 6.05. The number of aliphatic hydroxyl groups is 3. The van der Waals surface area contributed by atoms with Crippen LogP contribution < -0.4 is 15.5 Å². The van der Waals surface area contributed by atoms with Gasteiger partial charge in [0.1, 0.15) is 23.7 Å². The van der Waals surface area contributed by atoms with Gasteiger partial charge in [-0.2, -0.15) is 5.11 Å². The summed E-state index contributed by atoms with van der Waals surface area (Å²) in [7, 11) is 0. The van der Waals surface area contributed by atoms with Gasteiger partial charge in [0.2, 0.25) is 12.2 Å². The van der Waals surface area contributed by atoms with Crippen LogP contribution in [0.25, 0.3) is 16.5 Å². The zero-order chi connectivity index (χ0) is 25.9. The Morgan fingerprint density at radius 3 is 2.64 bits per heavy atom. The lowest BCUT2D eigenvalue weighted by molar-refractivity contribution is -0.229. The maximum Gasteiger partial charge on any atom is 0.243 e. The molecule has 1 saturated heterocycles. The van der Waals surface area contributed by atoms with E-state index in [2.05, 4.69) is 10.4 Å². The third kappa shape index (κ3) is 7.70. The van der Waals surface area contributed by atoms with E-state index in [4.69, 9.17) is 20.2 Å². The molecule has 3 rings (SSSR count). The Bertz CT molecular complexity index is 1050. The summed E-state index contributed by atoms with van der Waals surface area (Å²) in [5.41, 5.74) is 10.4. The number of carbonyl (C=O) groups excluding carboxylic acids is 1. The van der Waals surface area contributed by atoms with E-state index in [-0.39, 0.29) is 12.3 Å². The predicted molar refractivity (Wildman–Crippen MR) is 131 cm³/mol. The van der Waals surface area contributed by atoms with E-state index in [1.165, 1.54) is 0 Å². The standard InChI is InChI=1S/C25H34N4O7/c26-28-20(14-27-10-4-2-1-3-5-23(32)29-34)18-7-6-17-12-19(9-8-16(17)11-18)35-24-13-21(31)25(33)22(15-30)36-24/h6-9,11-12,14,21-22,24-27,30-31,33-34H,1-5,10,13,15H2,(H,29,32)/b20-14-,28-26?/t21-,22-,24+,25+/m1/s1. The Morgan fingerprint density at radius 1 is 1.14 bits per heavy atom. The Balaban J connectivity index is 1.54. The summed E-state index contributed by atoms with van der Waals surface area (Å²) in [6.45, 7) is 0.293. The molecule has 36 heavy (non-hydrogen) atoms. The lowest BCUT2D eigenvalue weighted by atomic mass is 10.0. The van der Waals surface area contributed by atoms with Gasteiger partial charge in [0.05, 0.1) is 12.7 Å². The highest BCUT2D eigenvalue weighted by atomic mass is 16.7. The number of nitrogens with zero attached hydrogens (tertiary/aromatic N) is 1. The van der Waals surface area contributed by atoms with Crippen LogP contribution in [-0.2, 0) is 9.53 Å². The van der Waals surface area contributed by atoms with E-state index < -0.39 is 31.2 Å². The number of aliphatic hydroxyl groups excluding tert-OH is 3. The second kappa shape index (κ2) is 13.9. The van der Waals surface area contributed by atoms with Gasteiger partial charge < -0.3 is 30.1 Å². The highest BCUT2D eigenvalue weighted by Crippen LogP contribution is 2.28. The molecule has 1 aliphatic heterocycles. The van der Waals surface area contributed by atoms with Crippen molar-refractivity contribution in [2.75, 3.05) is 13.2 Å². The van der Waals surface area contributed by atoms with Crippen LogP contribution in [0.4, 0.5) is 0 Å². The van der Waals surface area contributed by atoms with E-state index in [1.54, 1.807) is 17.7 Å². The molecule has 2 aromatic rings. The zero-order valence-corrected chi connectivity index (χ0v) is 20.0. The van der Waals surface area contributed by atoms with Gasteiger partial charge in [0, 0.05) is 31.1 Å². The van der Waals surface area contributed by atoms with Crippen molar-refractivity contribution in [1.29, 1.82) is 5.53 Å². The van der Waals surface area contributed by atoms with Gasteiger partial charge >= 0.3 is 0 Å². The summed E-state index contributed by atoms with van der Waals surface area (Å²) >= 11 is 0. The summed E-state index contributed by atoms with van der Waals surface area (Å²) in [4.78, 5) is 11.0. The number of fused-ring (bicyclic) bond motifs is 1. The van der Waals surface area contributed by atoms with Crippen molar-refractivity contribution in [3.05, 3.63) is 48.2 Å². The number of ether oxygens (including phenoxy) is 2. The molecule has 11 heteroatoms. The monoisotopic (exact) mass is 502 g/mol. The third-order valence-electron chi connectivity index (χ3n) is 6.05. The molecule has 0 aliphatic carbocycles. The normalized spacial score (nSPS) is 22.3. The van der Waals surface area contributed by atoms with E-state index in [0.29, 0.717) is 24.4 Å². The number of amides is 1. The average molecular weight is 503 g/mol. The van der Waals surface area contributed by atoms with Gasteiger partial charge in [-0.1, -0.05) is 31.0 Å². The van der Waals surface area contributed by atoms with Gasteiger partial charge in [-0.15, -0.1) is 0 Å². The van der Waals surface area contributed by atoms with Crippen molar-refractivity contribution in [3.8, 4) is 5.75 Å². The molecule has 0 bridgehead atoms. The highest BCUT2D eigenvalue weighted by molar-refractivity contribution is 5.87. The van der Waals surface area contributed by atoms with Crippen molar-refractivity contribution in [3.63, 3.8) is 0 Å².